The molecule has 3 aromatic rings. The Bertz CT molecular complexity index is 981. The molecule has 0 aliphatic carbocycles. The van der Waals surface area contributed by atoms with Crippen molar-refractivity contribution in [3.8, 4) is 0 Å². The summed E-state index contributed by atoms with van der Waals surface area (Å²) in [6, 6.07) is 9.63. The van der Waals surface area contributed by atoms with Gasteiger partial charge in [-0.05, 0) is 31.4 Å². The van der Waals surface area contributed by atoms with E-state index in [9.17, 15) is 4.79 Å². The van der Waals surface area contributed by atoms with Gasteiger partial charge < -0.3 is 10.2 Å². The first-order valence-electron chi connectivity index (χ1n) is 8.79. The number of rotatable bonds is 4. The van der Waals surface area contributed by atoms with E-state index < -0.39 is 0 Å². The lowest BCUT2D eigenvalue weighted by Gasteiger charge is -2.28. The van der Waals surface area contributed by atoms with Gasteiger partial charge in [0, 0.05) is 41.2 Å². The Balaban J connectivity index is 1.65. The summed E-state index contributed by atoms with van der Waals surface area (Å²) < 4.78 is 1.77. The maximum Gasteiger partial charge on any atom is 0.276 e. The number of amides is 1. The number of nitrogens with zero attached hydrogens (tertiary/aromatic N) is 4. The number of carbonyl (C=O) groups is 1. The zero-order chi connectivity index (χ0) is 18.8. The van der Waals surface area contributed by atoms with Crippen LogP contribution < -0.4 is 10.2 Å². The second-order valence-electron chi connectivity index (χ2n) is 6.35. The van der Waals surface area contributed by atoms with Crippen molar-refractivity contribution in [1.82, 2.24) is 14.6 Å². The summed E-state index contributed by atoms with van der Waals surface area (Å²) in [4.78, 5) is 20.8. The van der Waals surface area contributed by atoms with Crippen molar-refractivity contribution < 1.29 is 4.79 Å². The quantitative estimate of drug-likeness (QED) is 0.677. The van der Waals surface area contributed by atoms with Gasteiger partial charge in [0.1, 0.15) is 5.52 Å². The highest BCUT2D eigenvalue weighted by Crippen LogP contribution is 2.25. The number of fused-ring (bicyclic) bond motifs is 1. The molecule has 1 aliphatic heterocycles. The van der Waals surface area contributed by atoms with Gasteiger partial charge in [-0.3, -0.25) is 4.79 Å². The van der Waals surface area contributed by atoms with E-state index in [4.69, 9.17) is 4.98 Å². The average molecular weight is 400 g/mol. The Morgan fingerprint density at radius 2 is 2.07 bits per heavy atom. The molecule has 140 valence electrons. The van der Waals surface area contributed by atoms with Crippen molar-refractivity contribution in [2.24, 2.45) is 0 Å². The molecule has 0 radical (unpaired) electrons. The van der Waals surface area contributed by atoms with Crippen molar-refractivity contribution in [1.29, 1.82) is 0 Å². The van der Waals surface area contributed by atoms with Crippen LogP contribution in [-0.4, -0.2) is 51.4 Å². The van der Waals surface area contributed by atoms with E-state index in [2.05, 4.69) is 15.3 Å². The van der Waals surface area contributed by atoms with Gasteiger partial charge in [0.25, 0.3) is 5.91 Å². The normalized spacial score (nSPS) is 14.5. The van der Waals surface area contributed by atoms with Crippen LogP contribution in [0.1, 0.15) is 16.2 Å². The van der Waals surface area contributed by atoms with E-state index in [1.807, 2.05) is 61.5 Å². The molecule has 0 saturated carbocycles. The fourth-order valence-corrected chi connectivity index (χ4v) is 4.47. The van der Waals surface area contributed by atoms with E-state index in [1.54, 1.807) is 16.3 Å². The first-order chi connectivity index (χ1) is 13.1. The number of thioether (sulfide) groups is 2. The summed E-state index contributed by atoms with van der Waals surface area (Å²) in [6.45, 7) is 3.88. The molecule has 1 N–H and O–H groups in total. The average Bonchev–Trinajstić information content (AvgIpc) is 3.12. The number of anilines is 2. The summed E-state index contributed by atoms with van der Waals surface area (Å²) in [5.41, 5.74) is 2.92. The Hall–Kier alpha value is -2.19. The summed E-state index contributed by atoms with van der Waals surface area (Å²) in [5.74, 6) is 2.88. The number of hydrogen-bond donors (Lipinski definition) is 1. The van der Waals surface area contributed by atoms with E-state index in [1.165, 1.54) is 0 Å². The number of aryl methyl sites for hydroxylation is 1. The van der Waals surface area contributed by atoms with Gasteiger partial charge in [0.05, 0.1) is 11.9 Å². The molecule has 1 fully saturated rings. The molecule has 1 saturated heterocycles. The van der Waals surface area contributed by atoms with Gasteiger partial charge in [0.2, 0.25) is 0 Å². The SMILES string of the molecule is CSc1cccc(NC(=O)c2cc3c(N4CCSCC4)nc(C)cn3n2)c1. The van der Waals surface area contributed by atoms with E-state index in [0.717, 1.165) is 52.2 Å². The molecule has 2 aromatic heterocycles. The summed E-state index contributed by atoms with van der Waals surface area (Å²) in [6.07, 6.45) is 3.88. The Morgan fingerprint density at radius 3 is 2.85 bits per heavy atom. The highest BCUT2D eigenvalue weighted by Gasteiger charge is 2.20. The molecule has 0 bridgehead atoms. The maximum absolute atomic E-state index is 12.7. The molecular formula is C19H21N5OS2. The molecule has 3 heterocycles. The lowest BCUT2D eigenvalue weighted by molar-refractivity contribution is 0.102. The predicted molar refractivity (Wildman–Crippen MR) is 113 cm³/mol. The first kappa shape index (κ1) is 18.2. The van der Waals surface area contributed by atoms with Crippen LogP contribution in [0.25, 0.3) is 5.52 Å². The lowest BCUT2D eigenvalue weighted by Crippen LogP contribution is -2.33. The number of nitrogens with one attached hydrogen (secondary N) is 1. The van der Waals surface area contributed by atoms with Gasteiger partial charge in [-0.2, -0.15) is 16.9 Å². The van der Waals surface area contributed by atoms with E-state index in [0.29, 0.717) is 5.69 Å². The third-order valence-electron chi connectivity index (χ3n) is 4.43. The first-order valence-corrected chi connectivity index (χ1v) is 11.2. The molecule has 1 aliphatic rings. The number of aromatic nitrogens is 3. The summed E-state index contributed by atoms with van der Waals surface area (Å²) in [7, 11) is 0. The van der Waals surface area contributed by atoms with Crippen molar-refractivity contribution >= 4 is 46.5 Å². The molecule has 0 spiro atoms. The standard InChI is InChI=1S/C19H21N5OS2/c1-13-12-24-17(18(20-13)23-6-8-27-9-7-23)11-16(22-24)19(25)21-14-4-3-5-15(10-14)26-2/h3-5,10-12H,6-9H2,1-2H3,(H,21,25). The van der Waals surface area contributed by atoms with Gasteiger partial charge in [-0.15, -0.1) is 11.8 Å². The van der Waals surface area contributed by atoms with Gasteiger partial charge >= 0.3 is 0 Å². The minimum atomic E-state index is -0.213. The van der Waals surface area contributed by atoms with Crippen LogP contribution in [-0.2, 0) is 0 Å². The molecule has 0 unspecified atom stereocenters. The Morgan fingerprint density at radius 1 is 1.26 bits per heavy atom. The molecule has 0 atom stereocenters. The highest BCUT2D eigenvalue weighted by molar-refractivity contribution is 7.99. The topological polar surface area (TPSA) is 62.5 Å². The molecule has 6 nitrogen and oxygen atoms in total. The molecule has 4 rings (SSSR count). The highest BCUT2D eigenvalue weighted by atomic mass is 32.2. The zero-order valence-electron chi connectivity index (χ0n) is 15.3. The smallest absolute Gasteiger partial charge is 0.276 e. The van der Waals surface area contributed by atoms with E-state index in [-0.39, 0.29) is 5.91 Å². The van der Waals surface area contributed by atoms with Crippen LogP contribution in [0.2, 0.25) is 0 Å². The maximum atomic E-state index is 12.7. The van der Waals surface area contributed by atoms with Gasteiger partial charge in [0.15, 0.2) is 11.5 Å². The van der Waals surface area contributed by atoms with Crippen LogP contribution in [0, 0.1) is 6.92 Å². The molecule has 1 aromatic carbocycles. The summed E-state index contributed by atoms with van der Waals surface area (Å²) >= 11 is 3.60. The molecular weight excluding hydrogens is 378 g/mol. The molecule has 8 heteroatoms. The van der Waals surface area contributed by atoms with Gasteiger partial charge in [-0.1, -0.05) is 6.07 Å². The van der Waals surface area contributed by atoms with Crippen LogP contribution in [0.3, 0.4) is 0 Å². The third-order valence-corrected chi connectivity index (χ3v) is 6.09. The zero-order valence-corrected chi connectivity index (χ0v) is 16.9. The second kappa shape index (κ2) is 7.82. The van der Waals surface area contributed by atoms with E-state index >= 15 is 0 Å². The number of benzene rings is 1. The fourth-order valence-electron chi connectivity index (χ4n) is 3.10. The predicted octanol–water partition coefficient (Wildman–Crippen LogP) is 3.57. The van der Waals surface area contributed by atoms with Crippen molar-refractivity contribution in [3.05, 3.63) is 47.9 Å². The lowest BCUT2D eigenvalue weighted by atomic mass is 10.3. The van der Waals surface area contributed by atoms with Crippen molar-refractivity contribution in [2.45, 2.75) is 11.8 Å². The Kier molecular flexibility index (Phi) is 5.27. The fraction of sp³-hybridized carbons (Fsp3) is 0.316. The minimum Gasteiger partial charge on any atom is -0.353 e. The second-order valence-corrected chi connectivity index (χ2v) is 8.46. The third kappa shape index (κ3) is 3.91. The van der Waals surface area contributed by atoms with Crippen LogP contribution >= 0.6 is 23.5 Å². The Labute approximate surface area is 166 Å². The molecule has 1 amide bonds. The van der Waals surface area contributed by atoms with Crippen molar-refractivity contribution in [3.63, 3.8) is 0 Å². The van der Waals surface area contributed by atoms with Crippen LogP contribution in [0.15, 0.2) is 41.4 Å². The largest absolute Gasteiger partial charge is 0.353 e. The minimum absolute atomic E-state index is 0.213. The monoisotopic (exact) mass is 399 g/mol. The number of carbonyl (C=O) groups excluding carboxylic acids is 1. The van der Waals surface area contributed by atoms with Crippen molar-refractivity contribution in [2.75, 3.05) is 41.1 Å². The molecule has 27 heavy (non-hydrogen) atoms. The summed E-state index contributed by atoms with van der Waals surface area (Å²) in [5, 5.41) is 7.44. The van der Waals surface area contributed by atoms with Crippen LogP contribution in [0.5, 0.6) is 0 Å². The van der Waals surface area contributed by atoms with Crippen LogP contribution in [0.4, 0.5) is 11.5 Å². The van der Waals surface area contributed by atoms with Gasteiger partial charge in [-0.25, -0.2) is 9.50 Å². The number of hydrogen-bond acceptors (Lipinski definition) is 6.